The average Bonchev–Trinajstić information content (AvgIpc) is 2.67. The van der Waals surface area contributed by atoms with E-state index < -0.39 is 5.97 Å². The van der Waals surface area contributed by atoms with Crippen molar-refractivity contribution in [1.82, 2.24) is 9.97 Å². The predicted molar refractivity (Wildman–Crippen MR) is 69.5 cm³/mol. The summed E-state index contributed by atoms with van der Waals surface area (Å²) in [7, 11) is 0. The zero-order valence-corrected chi connectivity index (χ0v) is 10.5. The topological polar surface area (TPSA) is 66.0 Å². The number of aromatic carboxylic acids is 1. The number of thioether (sulfide) groups is 1. The summed E-state index contributed by atoms with van der Waals surface area (Å²) in [5, 5.41) is 9.44. The van der Waals surface area contributed by atoms with Crippen molar-refractivity contribution in [1.29, 1.82) is 0 Å². The van der Waals surface area contributed by atoms with E-state index in [9.17, 15) is 4.79 Å². The average molecular weight is 250 g/mol. The fourth-order valence-electron chi connectivity index (χ4n) is 1.51. The lowest BCUT2D eigenvalue weighted by molar-refractivity contribution is 0.0697. The fourth-order valence-corrected chi connectivity index (χ4v) is 2.14. The minimum absolute atomic E-state index is 0.282. The quantitative estimate of drug-likeness (QED) is 0.875. The van der Waals surface area contributed by atoms with Crippen molar-refractivity contribution in [2.24, 2.45) is 0 Å². The van der Waals surface area contributed by atoms with Crippen LogP contribution in [0.4, 0.5) is 0 Å². The van der Waals surface area contributed by atoms with E-state index in [4.69, 9.17) is 5.11 Å². The van der Waals surface area contributed by atoms with Crippen molar-refractivity contribution in [2.45, 2.75) is 24.9 Å². The number of nitrogens with one attached hydrogen (secondary N) is 1. The lowest BCUT2D eigenvalue weighted by Crippen LogP contribution is -1.94. The molecule has 1 aromatic heterocycles. The van der Waals surface area contributed by atoms with Crippen LogP contribution >= 0.6 is 11.8 Å². The number of carbonyl (C=O) groups is 1. The number of imidazole rings is 1. The zero-order chi connectivity index (χ0) is 12.4. The van der Waals surface area contributed by atoms with E-state index in [1.807, 2.05) is 0 Å². The van der Waals surface area contributed by atoms with E-state index in [-0.39, 0.29) is 5.56 Å². The largest absolute Gasteiger partial charge is 0.478 e. The van der Waals surface area contributed by atoms with Gasteiger partial charge in [0.05, 0.1) is 22.3 Å². The van der Waals surface area contributed by atoms with Crippen LogP contribution in [0.3, 0.4) is 0 Å². The second kappa shape index (κ2) is 4.79. The van der Waals surface area contributed by atoms with E-state index in [1.54, 1.807) is 30.0 Å². The van der Waals surface area contributed by atoms with Gasteiger partial charge in [-0.05, 0) is 23.4 Å². The maximum Gasteiger partial charge on any atom is 0.335 e. The number of fused-ring (bicyclic) bond motifs is 1. The maximum absolute atomic E-state index is 10.8. The van der Waals surface area contributed by atoms with Gasteiger partial charge in [0.1, 0.15) is 5.82 Å². The molecule has 0 unspecified atom stereocenters. The van der Waals surface area contributed by atoms with Crippen LogP contribution < -0.4 is 0 Å². The van der Waals surface area contributed by atoms with Crippen molar-refractivity contribution < 1.29 is 9.90 Å². The van der Waals surface area contributed by atoms with Crippen molar-refractivity contribution in [3.05, 3.63) is 29.6 Å². The Morgan fingerprint density at radius 2 is 2.29 bits per heavy atom. The molecule has 0 fully saturated rings. The number of aromatic amines is 1. The van der Waals surface area contributed by atoms with E-state index >= 15 is 0 Å². The molecule has 0 saturated heterocycles. The number of carboxylic acids is 1. The lowest BCUT2D eigenvalue weighted by Gasteiger charge is -2.00. The van der Waals surface area contributed by atoms with Gasteiger partial charge in [-0.15, -0.1) is 0 Å². The Bertz CT molecular complexity index is 548. The Hall–Kier alpha value is -1.49. The maximum atomic E-state index is 10.8. The molecular weight excluding hydrogens is 236 g/mol. The molecule has 90 valence electrons. The lowest BCUT2D eigenvalue weighted by atomic mass is 10.2. The molecule has 0 aliphatic carbocycles. The zero-order valence-electron chi connectivity index (χ0n) is 9.73. The number of benzene rings is 1. The molecule has 0 radical (unpaired) electrons. The predicted octanol–water partition coefficient (Wildman–Crippen LogP) is 2.90. The molecule has 0 spiro atoms. The third-order valence-electron chi connectivity index (χ3n) is 2.33. The van der Waals surface area contributed by atoms with Gasteiger partial charge in [-0.25, -0.2) is 9.78 Å². The second-order valence-electron chi connectivity index (χ2n) is 4.08. The SMILES string of the molecule is CC(C)SCc1nc2ccc(C(=O)O)cc2[nH]1. The molecule has 0 aliphatic heterocycles. The Kier molecular flexibility index (Phi) is 3.38. The highest BCUT2D eigenvalue weighted by molar-refractivity contribution is 7.99. The van der Waals surface area contributed by atoms with Gasteiger partial charge in [0, 0.05) is 0 Å². The van der Waals surface area contributed by atoms with Gasteiger partial charge in [0.15, 0.2) is 0 Å². The molecule has 4 nitrogen and oxygen atoms in total. The first-order valence-electron chi connectivity index (χ1n) is 5.40. The van der Waals surface area contributed by atoms with Gasteiger partial charge in [-0.3, -0.25) is 0 Å². The van der Waals surface area contributed by atoms with Crippen LogP contribution in [0.25, 0.3) is 11.0 Å². The van der Waals surface area contributed by atoms with Crippen LogP contribution in [0.15, 0.2) is 18.2 Å². The number of rotatable bonds is 4. The van der Waals surface area contributed by atoms with Crippen molar-refractivity contribution in [3.8, 4) is 0 Å². The highest BCUT2D eigenvalue weighted by Gasteiger charge is 2.07. The third-order valence-corrected chi connectivity index (χ3v) is 3.44. The van der Waals surface area contributed by atoms with Crippen LogP contribution in [0.1, 0.15) is 30.0 Å². The van der Waals surface area contributed by atoms with E-state index in [2.05, 4.69) is 23.8 Å². The van der Waals surface area contributed by atoms with Crippen molar-refractivity contribution in [2.75, 3.05) is 0 Å². The molecule has 2 aromatic rings. The van der Waals surface area contributed by atoms with Gasteiger partial charge in [-0.2, -0.15) is 11.8 Å². The normalized spacial score (nSPS) is 11.2. The number of hydrogen-bond donors (Lipinski definition) is 2. The molecule has 0 saturated carbocycles. The van der Waals surface area contributed by atoms with Crippen LogP contribution in [0, 0.1) is 0 Å². The minimum Gasteiger partial charge on any atom is -0.478 e. The molecular formula is C12H14N2O2S. The summed E-state index contributed by atoms with van der Waals surface area (Å²) < 4.78 is 0. The molecule has 1 aromatic carbocycles. The Morgan fingerprint density at radius 1 is 1.53 bits per heavy atom. The summed E-state index contributed by atoms with van der Waals surface area (Å²) in [6.07, 6.45) is 0. The minimum atomic E-state index is -0.917. The highest BCUT2D eigenvalue weighted by Crippen LogP contribution is 2.19. The van der Waals surface area contributed by atoms with Crippen LogP contribution in [-0.2, 0) is 5.75 Å². The number of aromatic nitrogens is 2. The smallest absolute Gasteiger partial charge is 0.335 e. The number of H-pyrrole nitrogens is 1. The summed E-state index contributed by atoms with van der Waals surface area (Å²) in [6, 6.07) is 4.93. The Morgan fingerprint density at radius 3 is 2.94 bits per heavy atom. The van der Waals surface area contributed by atoms with E-state index in [1.165, 1.54) is 0 Å². The first-order valence-corrected chi connectivity index (χ1v) is 6.44. The number of hydrogen-bond acceptors (Lipinski definition) is 3. The molecule has 5 heteroatoms. The molecule has 0 atom stereocenters. The molecule has 17 heavy (non-hydrogen) atoms. The number of nitrogens with zero attached hydrogens (tertiary/aromatic N) is 1. The van der Waals surface area contributed by atoms with Gasteiger partial charge < -0.3 is 10.1 Å². The summed E-state index contributed by atoms with van der Waals surface area (Å²) >= 11 is 1.80. The molecule has 0 amide bonds. The van der Waals surface area contributed by atoms with Gasteiger partial charge >= 0.3 is 5.97 Å². The first-order chi connectivity index (χ1) is 8.06. The summed E-state index contributed by atoms with van der Waals surface area (Å²) in [4.78, 5) is 18.4. The Labute approximate surface area is 103 Å². The van der Waals surface area contributed by atoms with Crippen LogP contribution in [0.5, 0.6) is 0 Å². The standard InChI is InChI=1S/C12H14N2O2S/c1-7(2)17-6-11-13-9-4-3-8(12(15)16)5-10(9)14-11/h3-5,7H,6H2,1-2H3,(H,13,14)(H,15,16). The number of carboxylic acid groups (broad SMARTS) is 1. The van der Waals surface area contributed by atoms with Gasteiger partial charge in [0.25, 0.3) is 0 Å². The van der Waals surface area contributed by atoms with Gasteiger partial charge in [0.2, 0.25) is 0 Å². The van der Waals surface area contributed by atoms with Crippen molar-refractivity contribution in [3.63, 3.8) is 0 Å². The van der Waals surface area contributed by atoms with Crippen molar-refractivity contribution >= 4 is 28.8 Å². The van der Waals surface area contributed by atoms with E-state index in [0.29, 0.717) is 5.25 Å². The highest BCUT2D eigenvalue weighted by atomic mass is 32.2. The van der Waals surface area contributed by atoms with Crippen LogP contribution in [0.2, 0.25) is 0 Å². The first kappa shape index (κ1) is 12.0. The summed E-state index contributed by atoms with van der Waals surface area (Å²) in [6.45, 7) is 4.27. The van der Waals surface area contributed by atoms with Crippen LogP contribution in [-0.4, -0.2) is 26.3 Å². The third kappa shape index (κ3) is 2.79. The summed E-state index contributed by atoms with van der Waals surface area (Å²) in [5.74, 6) is 0.787. The molecule has 2 N–H and O–H groups in total. The fraction of sp³-hybridized carbons (Fsp3) is 0.333. The molecule has 1 heterocycles. The molecule has 2 rings (SSSR count). The molecule has 0 aliphatic rings. The molecule has 0 bridgehead atoms. The van der Waals surface area contributed by atoms with Gasteiger partial charge in [-0.1, -0.05) is 13.8 Å². The second-order valence-corrected chi connectivity index (χ2v) is 5.65. The monoisotopic (exact) mass is 250 g/mol. The summed E-state index contributed by atoms with van der Waals surface area (Å²) in [5.41, 5.74) is 1.88. The Balaban J connectivity index is 2.27. The van der Waals surface area contributed by atoms with E-state index in [0.717, 1.165) is 22.6 Å².